The number of allylic oxidation sites excluding steroid dienone is 1. The van der Waals surface area contributed by atoms with Crippen molar-refractivity contribution < 1.29 is 4.79 Å². The molecule has 4 aromatic rings. The molecule has 1 amide bonds. The highest BCUT2D eigenvalue weighted by molar-refractivity contribution is 7.71. The number of nitrogens with one attached hydrogen (secondary N) is 3. The molecule has 0 radical (unpaired) electrons. The fourth-order valence-corrected chi connectivity index (χ4v) is 3.71. The summed E-state index contributed by atoms with van der Waals surface area (Å²) in [4.78, 5) is 31.4. The van der Waals surface area contributed by atoms with Gasteiger partial charge in [0.05, 0.1) is 10.9 Å². The van der Waals surface area contributed by atoms with Crippen LogP contribution in [0.15, 0.2) is 66.1 Å². The predicted molar refractivity (Wildman–Crippen MR) is 118 cm³/mol. The van der Waals surface area contributed by atoms with E-state index in [1.165, 1.54) is 4.57 Å². The number of fused-ring (bicyclic) bond motifs is 2. The van der Waals surface area contributed by atoms with Crippen LogP contribution >= 0.6 is 12.2 Å². The Hall–Kier alpha value is -3.45. The average molecular weight is 404 g/mol. The first-order chi connectivity index (χ1) is 14.1. The first kappa shape index (κ1) is 18.9. The fourth-order valence-electron chi connectivity index (χ4n) is 3.44. The third-order valence-electron chi connectivity index (χ3n) is 4.91. The average Bonchev–Trinajstić information content (AvgIpc) is 3.14. The lowest BCUT2D eigenvalue weighted by Gasteiger charge is -2.08. The van der Waals surface area contributed by atoms with Crippen LogP contribution in [0.5, 0.6) is 0 Å². The molecule has 0 aliphatic heterocycles. The Morgan fingerprint density at radius 1 is 1.17 bits per heavy atom. The summed E-state index contributed by atoms with van der Waals surface area (Å²) in [6.07, 6.45) is 4.31. The summed E-state index contributed by atoms with van der Waals surface area (Å²) in [5.74, 6) is -0.193. The predicted octanol–water partition coefficient (Wildman–Crippen LogP) is 3.70. The summed E-state index contributed by atoms with van der Waals surface area (Å²) < 4.78 is 1.74. The Morgan fingerprint density at radius 3 is 2.83 bits per heavy atom. The Balaban J connectivity index is 1.51. The van der Waals surface area contributed by atoms with Crippen molar-refractivity contribution in [3.05, 3.63) is 87.6 Å². The van der Waals surface area contributed by atoms with E-state index in [1.54, 1.807) is 24.3 Å². The van der Waals surface area contributed by atoms with E-state index < -0.39 is 0 Å². The second kappa shape index (κ2) is 7.89. The maximum Gasteiger partial charge on any atom is 0.262 e. The van der Waals surface area contributed by atoms with Crippen LogP contribution in [0.2, 0.25) is 0 Å². The van der Waals surface area contributed by atoms with E-state index in [0.29, 0.717) is 34.3 Å². The van der Waals surface area contributed by atoms with Crippen molar-refractivity contribution in [2.24, 2.45) is 0 Å². The van der Waals surface area contributed by atoms with Crippen LogP contribution in [0, 0.1) is 4.77 Å². The standard InChI is InChI=1S/C22H20N4O2S/c1-2-11-26-21(28)17-8-7-14(12-19(17)25-22(26)29)20(27)23-10-9-15-13-24-18-6-4-3-5-16(15)18/h2-8,12-13,24H,1,9-11H2,(H,23,27)(H,25,29). The van der Waals surface area contributed by atoms with E-state index in [0.717, 1.165) is 22.9 Å². The molecule has 0 atom stereocenters. The smallest absolute Gasteiger partial charge is 0.262 e. The van der Waals surface area contributed by atoms with Crippen LogP contribution in [-0.2, 0) is 13.0 Å². The molecule has 3 N–H and O–H groups in total. The van der Waals surface area contributed by atoms with Crippen LogP contribution in [0.4, 0.5) is 0 Å². The van der Waals surface area contributed by atoms with E-state index in [1.807, 2.05) is 24.4 Å². The molecule has 0 bridgehead atoms. The van der Waals surface area contributed by atoms with Crippen molar-refractivity contribution in [2.75, 3.05) is 6.54 Å². The highest BCUT2D eigenvalue weighted by Gasteiger charge is 2.10. The van der Waals surface area contributed by atoms with Gasteiger partial charge in [-0.3, -0.25) is 14.2 Å². The number of hydrogen-bond donors (Lipinski definition) is 3. The number of carbonyl (C=O) groups is 1. The largest absolute Gasteiger partial charge is 0.361 e. The summed E-state index contributed by atoms with van der Waals surface area (Å²) in [5.41, 5.74) is 3.06. The number of aromatic amines is 2. The van der Waals surface area contributed by atoms with Crippen LogP contribution < -0.4 is 10.9 Å². The number of para-hydroxylation sites is 1. The Labute approximate surface area is 171 Å². The van der Waals surface area contributed by atoms with Gasteiger partial charge >= 0.3 is 0 Å². The van der Waals surface area contributed by atoms with E-state index in [4.69, 9.17) is 12.2 Å². The van der Waals surface area contributed by atoms with Gasteiger partial charge in [-0.25, -0.2) is 0 Å². The lowest BCUT2D eigenvalue weighted by molar-refractivity contribution is 0.0954. The summed E-state index contributed by atoms with van der Waals surface area (Å²) in [5, 5.41) is 4.58. The Bertz CT molecular complexity index is 1350. The molecule has 2 heterocycles. The van der Waals surface area contributed by atoms with E-state index >= 15 is 0 Å². The third kappa shape index (κ3) is 3.64. The molecule has 2 aromatic carbocycles. The van der Waals surface area contributed by atoms with E-state index in [9.17, 15) is 9.59 Å². The molecule has 2 aromatic heterocycles. The van der Waals surface area contributed by atoms with Gasteiger partial charge in [0, 0.05) is 35.8 Å². The first-order valence-corrected chi connectivity index (χ1v) is 9.70. The summed E-state index contributed by atoms with van der Waals surface area (Å²) >= 11 is 5.25. The number of amides is 1. The SMILES string of the molecule is C=CCn1c(=S)[nH]c2cc(C(=O)NCCc3c[nH]c4ccccc34)ccc2c1=O. The van der Waals surface area contributed by atoms with Crippen molar-refractivity contribution in [2.45, 2.75) is 13.0 Å². The van der Waals surface area contributed by atoms with Gasteiger partial charge in [-0.2, -0.15) is 0 Å². The zero-order chi connectivity index (χ0) is 20.4. The van der Waals surface area contributed by atoms with Crippen LogP contribution in [0.25, 0.3) is 21.8 Å². The van der Waals surface area contributed by atoms with Gasteiger partial charge in [-0.15, -0.1) is 6.58 Å². The topological polar surface area (TPSA) is 82.7 Å². The van der Waals surface area contributed by atoms with Crippen molar-refractivity contribution >= 4 is 39.9 Å². The number of nitrogens with zero attached hydrogens (tertiary/aromatic N) is 1. The molecule has 0 spiro atoms. The minimum Gasteiger partial charge on any atom is -0.361 e. The zero-order valence-corrected chi connectivity index (χ0v) is 16.5. The molecule has 4 rings (SSSR count). The second-order valence-electron chi connectivity index (χ2n) is 6.76. The van der Waals surface area contributed by atoms with Crippen molar-refractivity contribution in [3.63, 3.8) is 0 Å². The van der Waals surface area contributed by atoms with Gasteiger partial charge < -0.3 is 15.3 Å². The Kier molecular flexibility index (Phi) is 5.14. The number of benzene rings is 2. The number of H-pyrrole nitrogens is 2. The normalized spacial score (nSPS) is 11.0. The highest BCUT2D eigenvalue weighted by Crippen LogP contribution is 2.18. The van der Waals surface area contributed by atoms with Crippen molar-refractivity contribution in [1.29, 1.82) is 0 Å². The van der Waals surface area contributed by atoms with E-state index in [-0.39, 0.29) is 11.5 Å². The summed E-state index contributed by atoms with van der Waals surface area (Å²) in [6, 6.07) is 13.0. The van der Waals surface area contributed by atoms with Crippen LogP contribution in [0.1, 0.15) is 15.9 Å². The highest BCUT2D eigenvalue weighted by atomic mass is 32.1. The minimum atomic E-state index is -0.199. The summed E-state index contributed by atoms with van der Waals surface area (Å²) in [6.45, 7) is 4.49. The number of rotatable bonds is 6. The van der Waals surface area contributed by atoms with Crippen LogP contribution in [0.3, 0.4) is 0 Å². The quantitative estimate of drug-likeness (QED) is 0.338. The number of hydrogen-bond acceptors (Lipinski definition) is 3. The molecule has 0 saturated heterocycles. The fraction of sp³-hybridized carbons (Fsp3) is 0.136. The molecule has 7 heteroatoms. The molecule has 0 saturated carbocycles. The van der Waals surface area contributed by atoms with Gasteiger partial charge in [0.2, 0.25) is 0 Å². The van der Waals surface area contributed by atoms with Gasteiger partial charge in [0.15, 0.2) is 4.77 Å². The Morgan fingerprint density at radius 2 is 2.00 bits per heavy atom. The van der Waals surface area contributed by atoms with Gasteiger partial charge in [-0.1, -0.05) is 24.3 Å². The molecule has 0 aliphatic rings. The summed E-state index contributed by atoms with van der Waals surface area (Å²) in [7, 11) is 0. The molecular formula is C22H20N4O2S. The molecular weight excluding hydrogens is 384 g/mol. The zero-order valence-electron chi connectivity index (χ0n) is 15.7. The van der Waals surface area contributed by atoms with Crippen molar-refractivity contribution in [3.8, 4) is 0 Å². The van der Waals surface area contributed by atoms with Gasteiger partial charge in [0.25, 0.3) is 11.5 Å². The first-order valence-electron chi connectivity index (χ1n) is 9.29. The maximum absolute atomic E-state index is 12.6. The third-order valence-corrected chi connectivity index (χ3v) is 5.23. The molecule has 146 valence electrons. The molecule has 0 fully saturated rings. The van der Waals surface area contributed by atoms with Crippen LogP contribution in [-0.4, -0.2) is 27.0 Å². The second-order valence-corrected chi connectivity index (χ2v) is 7.15. The van der Waals surface area contributed by atoms with Crippen molar-refractivity contribution in [1.82, 2.24) is 19.9 Å². The molecule has 29 heavy (non-hydrogen) atoms. The monoisotopic (exact) mass is 404 g/mol. The molecule has 6 nitrogen and oxygen atoms in total. The minimum absolute atomic E-state index is 0.193. The van der Waals surface area contributed by atoms with Gasteiger partial charge in [-0.05, 0) is 48.5 Å². The lowest BCUT2D eigenvalue weighted by Crippen LogP contribution is -2.26. The lowest BCUT2D eigenvalue weighted by atomic mass is 10.1. The number of carbonyl (C=O) groups excluding carboxylic acids is 1. The molecule has 0 aliphatic carbocycles. The van der Waals surface area contributed by atoms with Gasteiger partial charge in [0.1, 0.15) is 0 Å². The maximum atomic E-state index is 12.6. The molecule has 0 unspecified atom stereocenters. The van der Waals surface area contributed by atoms with E-state index in [2.05, 4.69) is 27.9 Å². The number of aromatic nitrogens is 3.